The summed E-state index contributed by atoms with van der Waals surface area (Å²) < 4.78 is 309. The van der Waals surface area contributed by atoms with E-state index in [1.54, 1.807) is 0 Å². The molecule has 0 atom stereocenters. The fourth-order valence-corrected chi connectivity index (χ4v) is 2.17. The molecule has 0 heterocycles. The highest BCUT2D eigenvalue weighted by Gasteiger charge is 3.00. The van der Waals surface area contributed by atoms with Gasteiger partial charge in [-0.1, -0.05) is 0 Å². The van der Waals surface area contributed by atoms with Crippen molar-refractivity contribution in [3.05, 3.63) is 0 Å². The van der Waals surface area contributed by atoms with Crippen molar-refractivity contribution in [1.29, 1.82) is 0 Å². The van der Waals surface area contributed by atoms with Crippen molar-refractivity contribution in [3.8, 4) is 0 Å². The summed E-state index contributed by atoms with van der Waals surface area (Å²) in [5.74, 6) is -9.80. The lowest BCUT2D eigenvalue weighted by Gasteiger charge is -2.49. The first-order chi connectivity index (χ1) is 15.0. The second kappa shape index (κ2) is 8.14. The van der Waals surface area contributed by atoms with Crippen molar-refractivity contribution >= 4 is 0 Å². The Morgan fingerprint density at radius 1 is 0.250 bits per heavy atom. The van der Waals surface area contributed by atoms with Gasteiger partial charge in [0, 0.05) is 0 Å². The van der Waals surface area contributed by atoms with E-state index in [0.717, 1.165) is 0 Å². The highest BCUT2D eigenvalue weighted by Crippen LogP contribution is 2.68. The number of ether oxygens (including phenoxy) is 1. The van der Waals surface area contributed by atoms with Crippen molar-refractivity contribution in [2.24, 2.45) is 0 Å². The van der Waals surface area contributed by atoms with Gasteiger partial charge in [-0.15, -0.1) is 0 Å². The summed E-state index contributed by atoms with van der Waals surface area (Å²) in [6.45, 7) is 0. The molecule has 0 saturated heterocycles. The molecule has 0 saturated carbocycles. The van der Waals surface area contributed by atoms with E-state index in [-0.39, 0.29) is 0 Å². The summed E-state index contributed by atoms with van der Waals surface area (Å²) in [5.41, 5.74) is -28.1. The summed E-state index contributed by atoms with van der Waals surface area (Å²) >= 11 is 0. The molecule has 0 fully saturated rings. The molecule has 0 N–H and O–H groups in total. The highest BCUT2D eigenvalue weighted by atomic mass is 19.5. The Kier molecular flexibility index (Phi) is 7.75. The Balaban J connectivity index is 8.23. The minimum absolute atomic E-state index is 0.635. The van der Waals surface area contributed by atoms with E-state index in [1.165, 1.54) is 0 Å². The quantitative estimate of drug-likeness (QED) is 0.292. The Hall–Kier alpha value is -1.72. The molecule has 36 heavy (non-hydrogen) atoms. The second-order valence-corrected chi connectivity index (χ2v) is 6.18. The minimum atomic E-state index is -9.80. The molecule has 1 nitrogen and oxygen atoms in total. The fourth-order valence-electron chi connectivity index (χ4n) is 2.17. The number of alkyl halides is 24. The number of hydrogen-bond acceptors (Lipinski definition) is 1. The van der Waals surface area contributed by atoms with Crippen LogP contribution in [0.25, 0.3) is 0 Å². The topological polar surface area (TPSA) is 9.23 Å². The molecule has 0 unspecified atom stereocenters. The van der Waals surface area contributed by atoms with Crippen LogP contribution in [0.15, 0.2) is 0 Å². The normalized spacial score (nSPS) is 17.0. The zero-order chi connectivity index (χ0) is 30.2. The average Bonchev–Trinajstić information content (AvgIpc) is 2.52. The summed E-state index contributed by atoms with van der Waals surface area (Å²) in [6, 6.07) is 0. The van der Waals surface area contributed by atoms with Crippen molar-refractivity contribution in [1.82, 2.24) is 0 Å². The Bertz CT molecular complexity index is 702. The first-order valence-corrected chi connectivity index (χ1v) is 7.19. The molecule has 0 rings (SSSR count). The van der Waals surface area contributed by atoms with Crippen LogP contribution in [0, 0.1) is 0 Å². The number of rotatable bonds is 5. The number of halogens is 24. The van der Waals surface area contributed by atoms with E-state index in [4.69, 9.17) is 0 Å². The third kappa shape index (κ3) is 4.34. The molecule has 0 spiro atoms. The lowest BCUT2D eigenvalue weighted by Crippen LogP contribution is -2.82. The minimum Gasteiger partial charge on any atom is -0.272 e. The standard InChI is InChI=1S/C11F24O/c12-1(5(16,17)18,6(19,20)21)4(15,2(13,7(22,23)24)8(25,26)27)36-11(34,35)3(14,9(28,29)30)10(31,32)33. The Morgan fingerprint density at radius 2 is 0.417 bits per heavy atom. The van der Waals surface area contributed by atoms with Crippen LogP contribution in [0.5, 0.6) is 0 Å². The van der Waals surface area contributed by atoms with E-state index in [2.05, 4.69) is 0 Å². The second-order valence-electron chi connectivity index (χ2n) is 6.18. The van der Waals surface area contributed by atoms with Crippen LogP contribution in [0.1, 0.15) is 0 Å². The summed E-state index contributed by atoms with van der Waals surface area (Å²) in [7, 11) is 0. The zero-order valence-corrected chi connectivity index (χ0v) is 15.0. The fraction of sp³-hybridized carbons (Fsp3) is 1.00. The van der Waals surface area contributed by atoms with Crippen molar-refractivity contribution < 1.29 is 110 Å². The zero-order valence-electron chi connectivity index (χ0n) is 15.0. The molecule has 0 amide bonds. The van der Waals surface area contributed by atoms with Crippen LogP contribution in [-0.4, -0.2) is 66.0 Å². The average molecular weight is 604 g/mol. The van der Waals surface area contributed by atoms with E-state index in [0.29, 0.717) is 4.74 Å². The van der Waals surface area contributed by atoms with Gasteiger partial charge in [0.25, 0.3) is 0 Å². The van der Waals surface area contributed by atoms with Gasteiger partial charge in [-0.05, 0) is 0 Å². The molecule has 0 bridgehead atoms. The lowest BCUT2D eigenvalue weighted by atomic mass is 9.80. The molecule has 0 radical (unpaired) electrons. The molecular weight excluding hydrogens is 604 g/mol. The van der Waals surface area contributed by atoms with Crippen molar-refractivity contribution in [3.63, 3.8) is 0 Å². The van der Waals surface area contributed by atoms with Gasteiger partial charge in [-0.3, -0.25) is 4.74 Å². The van der Waals surface area contributed by atoms with Crippen molar-refractivity contribution in [2.75, 3.05) is 0 Å². The van der Waals surface area contributed by atoms with Crippen LogP contribution < -0.4 is 0 Å². The molecule has 25 heteroatoms. The van der Waals surface area contributed by atoms with Gasteiger partial charge in [0.05, 0.1) is 0 Å². The van der Waals surface area contributed by atoms with Gasteiger partial charge in [0.2, 0.25) is 0 Å². The largest absolute Gasteiger partial charge is 0.440 e. The summed E-state index contributed by atoms with van der Waals surface area (Å²) in [5, 5.41) is 0. The SMILES string of the molecule is FC(F)(F)C(F)(C(F)(F)F)C(F)(F)OC(F)(C(F)(C(F)(F)F)C(F)(F)F)C(F)(C(F)(F)F)C(F)(F)F. The predicted molar refractivity (Wildman–Crippen MR) is 57.7 cm³/mol. The first-order valence-electron chi connectivity index (χ1n) is 7.19. The third-order valence-electron chi connectivity index (χ3n) is 3.90. The monoisotopic (exact) mass is 604 g/mol. The first kappa shape index (κ1) is 34.3. The van der Waals surface area contributed by atoms with Crippen LogP contribution >= 0.6 is 0 Å². The predicted octanol–water partition coefficient (Wildman–Crippen LogP) is 7.76. The third-order valence-corrected chi connectivity index (χ3v) is 3.90. The van der Waals surface area contributed by atoms with E-state index >= 15 is 0 Å². The van der Waals surface area contributed by atoms with Crippen LogP contribution in [-0.2, 0) is 4.74 Å². The maximum atomic E-state index is 14.4. The van der Waals surface area contributed by atoms with E-state index < -0.39 is 66.0 Å². The lowest BCUT2D eigenvalue weighted by molar-refractivity contribution is -0.545. The maximum absolute atomic E-state index is 14.4. The van der Waals surface area contributed by atoms with Gasteiger partial charge in [0.15, 0.2) is 0 Å². The van der Waals surface area contributed by atoms with E-state index in [9.17, 15) is 105 Å². The van der Waals surface area contributed by atoms with Crippen molar-refractivity contribution in [2.45, 2.75) is 66.0 Å². The number of hydrogen-bond donors (Lipinski definition) is 0. The summed E-state index contributed by atoms with van der Waals surface area (Å²) in [4.78, 5) is 0. The smallest absolute Gasteiger partial charge is 0.272 e. The molecule has 0 aromatic rings. The Morgan fingerprint density at radius 3 is 0.556 bits per heavy atom. The molecule has 0 aliphatic heterocycles. The summed E-state index contributed by atoms with van der Waals surface area (Å²) in [6.07, 6.45) is -62.0. The van der Waals surface area contributed by atoms with E-state index in [1.807, 2.05) is 0 Å². The molecule has 0 aromatic heterocycles. The van der Waals surface area contributed by atoms with Crippen LogP contribution in [0.4, 0.5) is 105 Å². The Labute approximate surface area is 177 Å². The molecule has 0 aliphatic rings. The highest BCUT2D eigenvalue weighted by molar-refractivity contribution is 5.21. The van der Waals surface area contributed by atoms with Gasteiger partial charge >= 0.3 is 66.0 Å². The van der Waals surface area contributed by atoms with Gasteiger partial charge in [-0.2, -0.15) is 87.8 Å². The van der Waals surface area contributed by atoms with Crippen LogP contribution in [0.3, 0.4) is 0 Å². The molecule has 0 aromatic carbocycles. The van der Waals surface area contributed by atoms with Gasteiger partial charge < -0.3 is 0 Å². The van der Waals surface area contributed by atoms with Gasteiger partial charge in [-0.25, -0.2) is 17.6 Å². The molecule has 218 valence electrons. The molecule has 0 aliphatic carbocycles. The maximum Gasteiger partial charge on any atom is 0.440 e. The van der Waals surface area contributed by atoms with Crippen LogP contribution in [0.2, 0.25) is 0 Å². The van der Waals surface area contributed by atoms with Gasteiger partial charge in [0.1, 0.15) is 0 Å². The molecular formula is C11F24O.